The molecule has 0 saturated heterocycles. The topological polar surface area (TPSA) is 63.3 Å². The lowest BCUT2D eigenvalue weighted by atomic mass is 10.1. The first-order valence-corrected chi connectivity index (χ1v) is 7.82. The molecule has 0 unspecified atom stereocenters. The molecule has 0 bridgehead atoms. The Morgan fingerprint density at radius 2 is 2.10 bits per heavy atom. The molecule has 2 heterocycles. The van der Waals surface area contributed by atoms with Gasteiger partial charge in [0.15, 0.2) is 10.8 Å². The van der Waals surface area contributed by atoms with Crippen molar-refractivity contribution < 1.29 is 5.11 Å². The molecular formula is C15H16N4OS. The monoisotopic (exact) mass is 300 g/mol. The largest absolute Gasteiger partial charge is 0.388 e. The molecule has 3 rings (SSSR count). The van der Waals surface area contributed by atoms with Crippen molar-refractivity contribution in [2.45, 2.75) is 24.6 Å². The van der Waals surface area contributed by atoms with Crippen LogP contribution in [-0.4, -0.2) is 30.4 Å². The van der Waals surface area contributed by atoms with Crippen LogP contribution in [0, 0.1) is 0 Å². The lowest BCUT2D eigenvalue weighted by Crippen LogP contribution is -2.03. The number of benzene rings is 1. The number of rotatable bonds is 5. The maximum Gasteiger partial charge on any atom is 0.175 e. The lowest BCUT2D eigenvalue weighted by Gasteiger charge is -2.11. The molecule has 3 aromatic rings. The van der Waals surface area contributed by atoms with E-state index in [1.807, 2.05) is 40.8 Å². The van der Waals surface area contributed by atoms with Crippen molar-refractivity contribution in [2.75, 3.05) is 5.75 Å². The molecule has 0 aliphatic rings. The quantitative estimate of drug-likeness (QED) is 0.579. The highest BCUT2D eigenvalue weighted by atomic mass is 32.2. The van der Waals surface area contributed by atoms with Gasteiger partial charge in [-0.3, -0.25) is 4.40 Å². The summed E-state index contributed by atoms with van der Waals surface area (Å²) in [7, 11) is 0. The Hall–Kier alpha value is -1.92. The normalized spacial score (nSPS) is 12.7. The summed E-state index contributed by atoms with van der Waals surface area (Å²) in [5.74, 6) is 0.539. The first-order chi connectivity index (χ1) is 10.3. The van der Waals surface area contributed by atoms with Crippen LogP contribution < -0.4 is 0 Å². The minimum Gasteiger partial charge on any atom is -0.388 e. The van der Waals surface area contributed by atoms with Crippen LogP contribution in [0.3, 0.4) is 0 Å². The second-order valence-electron chi connectivity index (χ2n) is 4.68. The highest BCUT2D eigenvalue weighted by molar-refractivity contribution is 7.99. The minimum atomic E-state index is -0.519. The number of aromatic nitrogens is 4. The van der Waals surface area contributed by atoms with E-state index in [1.54, 1.807) is 6.33 Å². The Morgan fingerprint density at radius 1 is 1.29 bits per heavy atom. The van der Waals surface area contributed by atoms with Crippen LogP contribution in [0.4, 0.5) is 0 Å². The van der Waals surface area contributed by atoms with E-state index < -0.39 is 6.10 Å². The summed E-state index contributed by atoms with van der Waals surface area (Å²) in [5.41, 5.74) is 2.68. The van der Waals surface area contributed by atoms with Crippen molar-refractivity contribution in [3.8, 4) is 0 Å². The van der Waals surface area contributed by atoms with Crippen molar-refractivity contribution in [2.24, 2.45) is 0 Å². The molecule has 1 N–H and O–H groups in total. The van der Waals surface area contributed by atoms with Gasteiger partial charge in [-0.1, -0.05) is 49.0 Å². The van der Waals surface area contributed by atoms with Gasteiger partial charge >= 0.3 is 0 Å². The second kappa shape index (κ2) is 6.24. The fourth-order valence-electron chi connectivity index (χ4n) is 2.06. The Morgan fingerprint density at radius 3 is 2.86 bits per heavy atom. The molecule has 0 radical (unpaired) electrons. The first kappa shape index (κ1) is 14.0. The summed E-state index contributed by atoms with van der Waals surface area (Å²) in [4.78, 5) is 4.59. The predicted octanol–water partition coefficient (Wildman–Crippen LogP) is 2.51. The van der Waals surface area contributed by atoms with E-state index in [9.17, 15) is 5.11 Å². The lowest BCUT2D eigenvalue weighted by molar-refractivity contribution is 0.204. The van der Waals surface area contributed by atoms with Crippen molar-refractivity contribution in [3.63, 3.8) is 0 Å². The molecule has 0 amide bonds. The van der Waals surface area contributed by atoms with E-state index in [2.05, 4.69) is 22.1 Å². The third-order valence-corrected chi connectivity index (χ3v) is 4.26. The molecular weight excluding hydrogens is 284 g/mol. The van der Waals surface area contributed by atoms with Crippen LogP contribution in [0.15, 0.2) is 47.9 Å². The van der Waals surface area contributed by atoms with Gasteiger partial charge in [-0.15, -0.1) is 10.2 Å². The van der Waals surface area contributed by atoms with E-state index in [4.69, 9.17) is 0 Å². The van der Waals surface area contributed by atoms with Crippen LogP contribution in [0.1, 0.15) is 24.3 Å². The van der Waals surface area contributed by atoms with Crippen molar-refractivity contribution in [3.05, 3.63) is 54.0 Å². The van der Waals surface area contributed by atoms with Crippen LogP contribution in [0.25, 0.3) is 5.65 Å². The molecule has 5 nitrogen and oxygen atoms in total. The van der Waals surface area contributed by atoms with Crippen LogP contribution in [0.5, 0.6) is 0 Å². The molecule has 1 aromatic carbocycles. The van der Waals surface area contributed by atoms with Gasteiger partial charge in [-0.05, 0) is 12.0 Å². The first-order valence-electron chi connectivity index (χ1n) is 6.83. The van der Waals surface area contributed by atoms with E-state index in [-0.39, 0.29) is 0 Å². The van der Waals surface area contributed by atoms with Crippen LogP contribution >= 0.6 is 11.8 Å². The highest BCUT2D eigenvalue weighted by Crippen LogP contribution is 2.24. The summed E-state index contributed by atoms with van der Waals surface area (Å²) in [6.07, 6.45) is 1.98. The number of aliphatic hydroxyl groups excluding tert-OH is 1. The Labute approximate surface area is 127 Å². The fourth-order valence-corrected chi connectivity index (χ4v) is 3.02. The molecule has 6 heteroatoms. The summed E-state index contributed by atoms with van der Waals surface area (Å²) in [6.45, 7) is 2.06. The van der Waals surface area contributed by atoms with E-state index in [1.165, 1.54) is 11.8 Å². The van der Waals surface area contributed by atoms with Crippen molar-refractivity contribution >= 4 is 17.4 Å². The Kier molecular flexibility index (Phi) is 4.17. The van der Waals surface area contributed by atoms with Gasteiger partial charge in [0.05, 0.1) is 6.10 Å². The van der Waals surface area contributed by atoms with Gasteiger partial charge in [-0.2, -0.15) is 0 Å². The maximum absolute atomic E-state index is 10.2. The average Bonchev–Trinajstić information content (AvgIpc) is 3.01. The molecule has 0 aliphatic heterocycles. The molecule has 1 atom stereocenters. The minimum absolute atomic E-state index is 0.519. The second-order valence-corrected chi connectivity index (χ2v) is 5.67. The molecule has 21 heavy (non-hydrogen) atoms. The number of aliphatic hydroxyl groups is 1. The van der Waals surface area contributed by atoms with Gasteiger partial charge < -0.3 is 5.11 Å². The zero-order chi connectivity index (χ0) is 14.7. The zero-order valence-corrected chi connectivity index (χ0v) is 12.5. The number of nitrogens with zero attached hydrogens (tertiary/aromatic N) is 4. The van der Waals surface area contributed by atoms with E-state index in [0.29, 0.717) is 5.75 Å². The van der Waals surface area contributed by atoms with Crippen LogP contribution in [-0.2, 0) is 6.42 Å². The third-order valence-electron chi connectivity index (χ3n) is 3.23. The van der Waals surface area contributed by atoms with Crippen molar-refractivity contribution in [1.82, 2.24) is 19.6 Å². The number of thioether (sulfide) groups is 1. The molecule has 0 spiro atoms. The molecule has 108 valence electrons. The maximum atomic E-state index is 10.2. The number of aryl methyl sites for hydroxylation is 1. The summed E-state index contributed by atoms with van der Waals surface area (Å²) < 4.78 is 1.85. The molecule has 2 aromatic heterocycles. The Bertz CT molecular complexity index is 729. The predicted molar refractivity (Wildman–Crippen MR) is 82.3 cm³/mol. The fraction of sp³-hybridized carbons (Fsp3) is 0.267. The number of hydrogen-bond acceptors (Lipinski definition) is 5. The molecule has 0 saturated carbocycles. The Balaban J connectivity index is 1.80. The van der Waals surface area contributed by atoms with Crippen LogP contribution in [0.2, 0.25) is 0 Å². The SMILES string of the molecule is CCc1cc2nncn2c(SC[C@@H](O)c2ccccc2)n1. The summed E-state index contributed by atoms with van der Waals surface area (Å²) >= 11 is 1.51. The molecule has 0 fully saturated rings. The molecule has 0 aliphatic carbocycles. The van der Waals surface area contributed by atoms with Crippen molar-refractivity contribution in [1.29, 1.82) is 0 Å². The third kappa shape index (κ3) is 3.06. The smallest absolute Gasteiger partial charge is 0.175 e. The van der Waals surface area contributed by atoms with Gasteiger partial charge in [-0.25, -0.2) is 4.98 Å². The van der Waals surface area contributed by atoms with E-state index >= 15 is 0 Å². The zero-order valence-electron chi connectivity index (χ0n) is 11.7. The number of fused-ring (bicyclic) bond motifs is 1. The van der Waals surface area contributed by atoms with Gasteiger partial charge in [0.2, 0.25) is 0 Å². The van der Waals surface area contributed by atoms with Gasteiger partial charge in [0, 0.05) is 17.5 Å². The average molecular weight is 300 g/mol. The van der Waals surface area contributed by atoms with E-state index in [0.717, 1.165) is 28.5 Å². The summed E-state index contributed by atoms with van der Waals surface area (Å²) in [6, 6.07) is 11.6. The standard InChI is InChI=1S/C15H16N4OS/c1-2-12-8-14-18-16-10-19(14)15(17-12)21-9-13(20)11-6-4-3-5-7-11/h3-8,10,13,20H,2,9H2,1H3/t13-/m1/s1. The summed E-state index contributed by atoms with van der Waals surface area (Å²) in [5, 5.41) is 19.0. The van der Waals surface area contributed by atoms with Gasteiger partial charge in [0.25, 0.3) is 0 Å². The highest BCUT2D eigenvalue weighted by Gasteiger charge is 2.12. The van der Waals surface area contributed by atoms with Gasteiger partial charge in [0.1, 0.15) is 6.33 Å². The number of hydrogen-bond donors (Lipinski definition) is 1.